The van der Waals surface area contributed by atoms with E-state index in [1.165, 1.54) is 57.1 Å². The highest BCUT2D eigenvalue weighted by atomic mass is 32.2. The summed E-state index contributed by atoms with van der Waals surface area (Å²) in [6, 6.07) is 1.82. The molecule has 0 heterocycles. The van der Waals surface area contributed by atoms with E-state index in [1.807, 2.05) is 17.8 Å². The van der Waals surface area contributed by atoms with Gasteiger partial charge in [0.1, 0.15) is 0 Å². The molecule has 0 unspecified atom stereocenters. The fraction of sp³-hybridized carbons (Fsp3) is 0.944. The van der Waals surface area contributed by atoms with Crippen LogP contribution in [-0.4, -0.2) is 159 Å². The van der Waals surface area contributed by atoms with Crippen LogP contribution in [0.2, 0.25) is 12.1 Å². The van der Waals surface area contributed by atoms with Gasteiger partial charge in [-0.3, -0.25) is 0 Å². The van der Waals surface area contributed by atoms with Gasteiger partial charge in [-0.05, 0) is 37.9 Å². The summed E-state index contributed by atoms with van der Waals surface area (Å²) in [6.07, 6.45) is 15.4. The van der Waals surface area contributed by atoms with Crippen molar-refractivity contribution in [1.82, 2.24) is 0 Å². The molecule has 0 aliphatic carbocycles. The van der Waals surface area contributed by atoms with Crippen LogP contribution in [-0.2, 0) is 55.0 Å². The van der Waals surface area contributed by atoms with Gasteiger partial charge in [0.25, 0.3) is 0 Å². The van der Waals surface area contributed by atoms with Gasteiger partial charge in [-0.1, -0.05) is 44.6 Å². The van der Waals surface area contributed by atoms with Gasteiger partial charge < -0.3 is 55.0 Å². The lowest BCUT2D eigenvalue weighted by molar-refractivity contribution is 0.0790. The number of ether oxygens (including phenoxy) is 6. The molecule has 0 spiro atoms. The molecule has 0 fully saturated rings. The molecule has 52 heavy (non-hydrogen) atoms. The molecular weight excluding hydrogens is 745 g/mol. The van der Waals surface area contributed by atoms with E-state index in [0.717, 1.165) is 49.5 Å². The Morgan fingerprint density at radius 1 is 0.442 bits per heavy atom. The second-order valence-corrected chi connectivity index (χ2v) is 19.1. The number of rotatable bonds is 36. The topological polar surface area (TPSA) is 111 Å². The van der Waals surface area contributed by atoms with Crippen molar-refractivity contribution in [2.75, 3.05) is 141 Å². The summed E-state index contributed by atoms with van der Waals surface area (Å²) in [7, 11) is 12.0. The number of thiol groups is 1. The van der Waals surface area contributed by atoms with Crippen LogP contribution in [0.3, 0.4) is 0 Å². The molecule has 0 saturated carbocycles. The van der Waals surface area contributed by atoms with Gasteiger partial charge in [0.15, 0.2) is 0 Å². The van der Waals surface area contributed by atoms with Crippen molar-refractivity contribution in [3.05, 3.63) is 12.7 Å². The molecule has 0 atom stereocenters. The van der Waals surface area contributed by atoms with Crippen molar-refractivity contribution in [2.24, 2.45) is 0 Å². The number of hydrogen-bond acceptors (Lipinski definition) is 14. The monoisotopic (exact) mass is 826 g/mol. The minimum Gasteiger partial charge on any atom is -0.382 e. The summed E-state index contributed by atoms with van der Waals surface area (Å²) >= 11 is 5.94. The molecule has 0 aliphatic rings. The number of methoxy groups -OCH3 is 4. The molecule has 0 saturated heterocycles. The first-order chi connectivity index (χ1) is 25.3. The Bertz CT molecular complexity index is 616. The van der Waals surface area contributed by atoms with E-state index in [-0.39, 0.29) is 0 Å². The predicted molar refractivity (Wildman–Crippen MR) is 224 cm³/mol. The Balaban J connectivity index is -0.000000337. The molecule has 12 nitrogen and oxygen atoms in total. The second-order valence-electron chi connectivity index (χ2n) is 11.2. The maximum Gasteiger partial charge on any atom is 0.500 e. The molecule has 0 bridgehead atoms. The van der Waals surface area contributed by atoms with Crippen molar-refractivity contribution >= 4 is 42.0 Å². The summed E-state index contributed by atoms with van der Waals surface area (Å²) in [4.78, 5) is 0. The number of hydrogen-bond donors (Lipinski definition) is 1. The highest BCUT2D eigenvalue weighted by molar-refractivity contribution is 7.99. The van der Waals surface area contributed by atoms with Crippen LogP contribution in [0.4, 0.5) is 0 Å². The Labute approximate surface area is 332 Å². The Morgan fingerprint density at radius 2 is 0.808 bits per heavy atom. The predicted octanol–water partition coefficient (Wildman–Crippen LogP) is 7.46. The third kappa shape index (κ3) is 44.8. The molecule has 0 radical (unpaired) electrons. The van der Waals surface area contributed by atoms with E-state index in [9.17, 15) is 0 Å². The van der Waals surface area contributed by atoms with E-state index in [2.05, 4.69) is 28.7 Å². The fourth-order valence-corrected chi connectivity index (χ4v) is 8.86. The molecule has 0 aliphatic heterocycles. The molecule has 0 N–H and O–H groups in total. The summed E-state index contributed by atoms with van der Waals surface area (Å²) in [5.41, 5.74) is 0. The minimum atomic E-state index is -2.34. The summed E-state index contributed by atoms with van der Waals surface area (Å²) in [5, 5.41) is 0. The van der Waals surface area contributed by atoms with Crippen molar-refractivity contribution in [3.63, 3.8) is 0 Å². The van der Waals surface area contributed by atoms with Crippen LogP contribution in [0, 0.1) is 0 Å². The van der Waals surface area contributed by atoms with Crippen LogP contribution in [0.15, 0.2) is 12.7 Å². The van der Waals surface area contributed by atoms with Crippen LogP contribution in [0.5, 0.6) is 0 Å². The molecule has 318 valence electrons. The van der Waals surface area contributed by atoms with Gasteiger partial charge in [-0.25, -0.2) is 0 Å². The third-order valence-electron chi connectivity index (χ3n) is 7.49. The van der Waals surface area contributed by atoms with Gasteiger partial charge in [-0.15, -0.1) is 6.58 Å². The lowest BCUT2D eigenvalue weighted by Gasteiger charge is -2.24. The van der Waals surface area contributed by atoms with Gasteiger partial charge in [0.05, 0.1) is 52.9 Å². The maximum atomic E-state index is 5.43. The standard InChI is InChI=1S/C16H36O5SSi.C11H24O3Si.C5H12O2S.C4H10O2/c1-17-11-12-21-13-15-22-14-9-7-5-6-8-10-16-23(18-2,19-3)20-4;1-5-6-7-8-9-10-11-15(12-2,13-3)14-4;1-6-2-3-7-4-5-8;1-5-3-4-6-2/h5-16H2,1-4H3;5H,1,6-11H2,2-4H3;8H,2-5H2,1H3;3-4H2,1-2H3. The minimum absolute atomic E-state index is 0.674. The Kier molecular flexibility index (Phi) is 58.4. The van der Waals surface area contributed by atoms with Crippen LogP contribution in [0.25, 0.3) is 0 Å². The number of allylic oxidation sites excluding steroid dienone is 1. The largest absolute Gasteiger partial charge is 0.500 e. The molecule has 0 aromatic heterocycles. The van der Waals surface area contributed by atoms with E-state index >= 15 is 0 Å². The van der Waals surface area contributed by atoms with E-state index in [4.69, 9.17) is 45.5 Å². The molecule has 0 rings (SSSR count). The van der Waals surface area contributed by atoms with E-state index in [1.54, 1.807) is 71.1 Å². The first-order valence-corrected chi connectivity index (χ1v) is 24.2. The number of thioether (sulfide) groups is 1. The van der Waals surface area contributed by atoms with Crippen molar-refractivity contribution in [3.8, 4) is 0 Å². The molecular formula is C36H82O12S2Si2. The normalized spacial score (nSPS) is 11.2. The number of unbranched alkanes of at least 4 members (excludes halogenated alkanes) is 9. The highest BCUT2D eigenvalue weighted by Gasteiger charge is 2.37. The third-order valence-corrected chi connectivity index (χ3v) is 14.4. The first-order valence-electron chi connectivity index (χ1n) is 18.5. The van der Waals surface area contributed by atoms with Crippen LogP contribution >= 0.6 is 24.4 Å². The quantitative estimate of drug-likeness (QED) is 0.0293. The average molecular weight is 827 g/mol. The lowest BCUT2D eigenvalue weighted by Crippen LogP contribution is -2.42. The Morgan fingerprint density at radius 3 is 1.19 bits per heavy atom. The second kappa shape index (κ2) is 51.4. The van der Waals surface area contributed by atoms with Crippen molar-refractivity contribution in [1.29, 1.82) is 0 Å². The summed E-state index contributed by atoms with van der Waals surface area (Å²) < 4.78 is 61.7. The highest BCUT2D eigenvalue weighted by Crippen LogP contribution is 2.19. The van der Waals surface area contributed by atoms with Crippen molar-refractivity contribution in [2.45, 2.75) is 82.7 Å². The Hall–Kier alpha value is 0.394. The zero-order valence-electron chi connectivity index (χ0n) is 35.0. The van der Waals surface area contributed by atoms with E-state index < -0.39 is 17.6 Å². The zero-order chi connectivity index (χ0) is 39.9. The maximum absolute atomic E-state index is 5.43. The lowest BCUT2D eigenvalue weighted by atomic mass is 10.1. The molecule has 16 heteroatoms. The summed E-state index contributed by atoms with van der Waals surface area (Å²) in [6.45, 7) is 9.38. The smallest absolute Gasteiger partial charge is 0.382 e. The van der Waals surface area contributed by atoms with Gasteiger partial charge >= 0.3 is 17.6 Å². The molecule has 0 aromatic rings. The van der Waals surface area contributed by atoms with Gasteiger partial charge in [0.2, 0.25) is 0 Å². The molecule has 0 amide bonds. The fourth-order valence-electron chi connectivity index (χ4n) is 4.29. The molecule has 0 aromatic carbocycles. The van der Waals surface area contributed by atoms with E-state index in [0.29, 0.717) is 46.2 Å². The average Bonchev–Trinajstić information content (AvgIpc) is 3.18. The first kappa shape index (κ1) is 59.1. The van der Waals surface area contributed by atoms with Crippen LogP contribution in [0.1, 0.15) is 70.6 Å². The zero-order valence-corrected chi connectivity index (χ0v) is 38.7. The SMILES string of the molecule is C=CCCCCCC[Si](OC)(OC)OC.COCCOC.COCCOCCS.COCCOCCSCCCCCCCC[Si](OC)(OC)OC. The van der Waals surface area contributed by atoms with Gasteiger partial charge in [0, 0.05) is 94.7 Å². The van der Waals surface area contributed by atoms with Crippen molar-refractivity contribution < 1.29 is 55.0 Å². The summed E-state index contributed by atoms with van der Waals surface area (Å²) in [5.74, 6) is 3.10. The van der Waals surface area contributed by atoms with Crippen LogP contribution < -0.4 is 0 Å². The van der Waals surface area contributed by atoms with Gasteiger partial charge in [-0.2, -0.15) is 24.4 Å².